The molecule has 0 bridgehead atoms. The van der Waals surface area contributed by atoms with Crippen LogP contribution in [0.1, 0.15) is 18.6 Å². The molecule has 0 aliphatic carbocycles. The van der Waals surface area contributed by atoms with Crippen LogP contribution in [-0.2, 0) is 10.0 Å². The summed E-state index contributed by atoms with van der Waals surface area (Å²) in [6, 6.07) is 1.43. The van der Waals surface area contributed by atoms with Crippen LogP contribution in [0.25, 0.3) is 0 Å². The Morgan fingerprint density at radius 1 is 1.64 bits per heavy atom. The van der Waals surface area contributed by atoms with Crippen LogP contribution < -0.4 is 5.14 Å². The Bertz CT molecular complexity index is 421. The molecule has 0 spiro atoms. The summed E-state index contributed by atoms with van der Waals surface area (Å²) in [5, 5.41) is 14.4. The molecule has 1 rings (SSSR count). The Balaban J connectivity index is 3.27. The number of primary sulfonamides is 1. The van der Waals surface area contributed by atoms with Crippen molar-refractivity contribution in [1.29, 1.82) is 0 Å². The zero-order valence-corrected chi connectivity index (χ0v) is 10.2. The smallest absolute Gasteiger partial charge is 0.247 e. The van der Waals surface area contributed by atoms with Crippen LogP contribution in [-0.4, -0.2) is 19.8 Å². The van der Waals surface area contributed by atoms with E-state index in [2.05, 4.69) is 0 Å². The predicted octanol–water partition coefficient (Wildman–Crippen LogP) is 1.17. The number of sulfonamides is 1. The van der Waals surface area contributed by atoms with Crippen LogP contribution in [0.3, 0.4) is 0 Å². The summed E-state index contributed by atoms with van der Waals surface area (Å²) < 4.78 is 22.9. The molecule has 80 valence electrons. The molecule has 14 heavy (non-hydrogen) atoms. The van der Waals surface area contributed by atoms with Crippen molar-refractivity contribution in [3.05, 3.63) is 11.6 Å². The molecule has 0 saturated carbocycles. The third kappa shape index (κ3) is 2.48. The van der Waals surface area contributed by atoms with E-state index in [4.69, 9.17) is 5.14 Å². The van der Waals surface area contributed by atoms with Gasteiger partial charge in [0, 0.05) is 5.56 Å². The molecule has 7 heteroatoms. The van der Waals surface area contributed by atoms with E-state index in [0.29, 0.717) is 5.56 Å². The second kappa shape index (κ2) is 4.19. The molecule has 4 nitrogen and oxygen atoms in total. The third-order valence-electron chi connectivity index (χ3n) is 1.62. The number of aliphatic hydroxyl groups is 1. The zero-order chi connectivity index (χ0) is 10.9. The molecule has 1 aromatic rings. The summed E-state index contributed by atoms with van der Waals surface area (Å²) in [5.41, 5.74) is 0.617. The van der Waals surface area contributed by atoms with Crippen molar-refractivity contribution in [1.82, 2.24) is 0 Å². The number of thiophene rings is 1. The van der Waals surface area contributed by atoms with E-state index in [1.54, 1.807) is 6.92 Å². The summed E-state index contributed by atoms with van der Waals surface area (Å²) in [7, 11) is -3.65. The van der Waals surface area contributed by atoms with Gasteiger partial charge in [0.15, 0.2) is 0 Å². The summed E-state index contributed by atoms with van der Waals surface area (Å²) in [5.74, 6) is 0. The maximum absolute atomic E-state index is 11.0. The summed E-state index contributed by atoms with van der Waals surface area (Å²) in [6.45, 7) is 1.59. The average molecular weight is 253 g/mol. The van der Waals surface area contributed by atoms with Crippen LogP contribution in [0.4, 0.5) is 0 Å². The fraction of sp³-hybridized carbons (Fsp3) is 0.429. The van der Waals surface area contributed by atoms with Gasteiger partial charge in [-0.15, -0.1) is 23.1 Å². The van der Waals surface area contributed by atoms with E-state index in [-0.39, 0.29) is 4.21 Å². The first-order chi connectivity index (χ1) is 6.36. The molecule has 0 amide bonds. The van der Waals surface area contributed by atoms with Crippen molar-refractivity contribution in [3.8, 4) is 0 Å². The van der Waals surface area contributed by atoms with Gasteiger partial charge in [0.25, 0.3) is 0 Å². The Labute approximate surface area is 91.2 Å². The van der Waals surface area contributed by atoms with Gasteiger partial charge in [-0.3, -0.25) is 0 Å². The van der Waals surface area contributed by atoms with Crippen molar-refractivity contribution < 1.29 is 13.5 Å². The zero-order valence-electron chi connectivity index (χ0n) is 7.72. The average Bonchev–Trinajstić information content (AvgIpc) is 2.45. The fourth-order valence-corrected chi connectivity index (χ4v) is 3.90. The predicted molar refractivity (Wildman–Crippen MR) is 58.1 cm³/mol. The Kier molecular flexibility index (Phi) is 3.59. The first-order valence-corrected chi connectivity index (χ1v) is 7.33. The van der Waals surface area contributed by atoms with Gasteiger partial charge in [-0.1, -0.05) is 0 Å². The van der Waals surface area contributed by atoms with Crippen LogP contribution >= 0.6 is 23.1 Å². The van der Waals surface area contributed by atoms with Crippen molar-refractivity contribution >= 4 is 33.1 Å². The number of rotatable bonds is 3. The lowest BCUT2D eigenvalue weighted by molar-refractivity contribution is 0.197. The van der Waals surface area contributed by atoms with Gasteiger partial charge in [0.2, 0.25) is 10.0 Å². The highest BCUT2D eigenvalue weighted by atomic mass is 32.3. The van der Waals surface area contributed by atoms with E-state index >= 15 is 0 Å². The quantitative estimate of drug-likeness (QED) is 0.792. The maximum atomic E-state index is 11.0. The molecule has 0 aromatic carbocycles. The number of thioether (sulfide) groups is 1. The van der Waals surface area contributed by atoms with Crippen LogP contribution in [0, 0.1) is 0 Å². The van der Waals surface area contributed by atoms with Gasteiger partial charge in [0.05, 0.1) is 10.3 Å². The lowest BCUT2D eigenvalue weighted by Crippen LogP contribution is -2.10. The molecular weight excluding hydrogens is 242 g/mol. The molecule has 0 fully saturated rings. The molecule has 3 N–H and O–H groups in total. The molecule has 0 aliphatic rings. The van der Waals surface area contributed by atoms with Crippen molar-refractivity contribution in [2.75, 3.05) is 6.26 Å². The van der Waals surface area contributed by atoms with Crippen molar-refractivity contribution in [2.24, 2.45) is 5.14 Å². The monoisotopic (exact) mass is 253 g/mol. The molecule has 1 heterocycles. The first kappa shape index (κ1) is 12.0. The van der Waals surface area contributed by atoms with Gasteiger partial charge in [0.1, 0.15) is 4.21 Å². The normalized spacial score (nSPS) is 14.3. The topological polar surface area (TPSA) is 80.4 Å². The lowest BCUT2D eigenvalue weighted by Gasteiger charge is -2.01. The summed E-state index contributed by atoms with van der Waals surface area (Å²) in [6.07, 6.45) is 1.15. The molecule has 1 aromatic heterocycles. The molecule has 0 saturated heterocycles. The number of hydrogen-bond donors (Lipinski definition) is 2. The lowest BCUT2D eigenvalue weighted by atomic mass is 10.2. The summed E-state index contributed by atoms with van der Waals surface area (Å²) >= 11 is 2.48. The molecule has 1 atom stereocenters. The van der Waals surface area contributed by atoms with Crippen LogP contribution in [0.5, 0.6) is 0 Å². The van der Waals surface area contributed by atoms with Gasteiger partial charge in [-0.25, -0.2) is 13.6 Å². The minimum absolute atomic E-state index is 0.0951. The maximum Gasteiger partial charge on any atom is 0.247 e. The first-order valence-electron chi connectivity index (χ1n) is 3.75. The summed E-state index contributed by atoms with van der Waals surface area (Å²) in [4.78, 5) is 0. The van der Waals surface area contributed by atoms with E-state index in [0.717, 1.165) is 15.5 Å². The highest BCUT2D eigenvalue weighted by molar-refractivity contribution is 8.01. The number of nitrogens with two attached hydrogens (primary N) is 1. The number of hydrogen-bond acceptors (Lipinski definition) is 5. The molecule has 0 aliphatic heterocycles. The van der Waals surface area contributed by atoms with E-state index in [1.165, 1.54) is 17.8 Å². The Morgan fingerprint density at radius 3 is 2.50 bits per heavy atom. The standard InChI is InChI=1S/C7H11NO3S3/c1-4(9)5-3-6(14(8,10)11)13-7(5)12-2/h3-4,9H,1-2H3,(H2,8,10,11). The number of aliphatic hydroxyl groups excluding tert-OH is 1. The molecule has 1 unspecified atom stereocenters. The van der Waals surface area contributed by atoms with E-state index < -0.39 is 16.1 Å². The second-order valence-corrected chi connectivity index (χ2v) is 6.65. The second-order valence-electron chi connectivity index (χ2n) is 2.73. The highest BCUT2D eigenvalue weighted by Gasteiger charge is 2.18. The largest absolute Gasteiger partial charge is 0.389 e. The third-order valence-corrected chi connectivity index (χ3v) is 5.34. The van der Waals surface area contributed by atoms with Gasteiger partial charge in [-0.2, -0.15) is 0 Å². The van der Waals surface area contributed by atoms with Gasteiger partial charge < -0.3 is 5.11 Å². The Morgan fingerprint density at radius 2 is 2.21 bits per heavy atom. The van der Waals surface area contributed by atoms with Crippen LogP contribution in [0.15, 0.2) is 14.5 Å². The molecule has 0 radical (unpaired) electrons. The fourth-order valence-electron chi connectivity index (χ4n) is 0.957. The van der Waals surface area contributed by atoms with Gasteiger partial charge >= 0.3 is 0 Å². The van der Waals surface area contributed by atoms with Crippen molar-refractivity contribution in [2.45, 2.75) is 21.4 Å². The van der Waals surface area contributed by atoms with Gasteiger partial charge in [-0.05, 0) is 19.2 Å². The van der Waals surface area contributed by atoms with Crippen molar-refractivity contribution in [3.63, 3.8) is 0 Å². The van der Waals surface area contributed by atoms with E-state index in [1.807, 2.05) is 6.26 Å². The molecular formula is C7H11NO3S3. The SMILES string of the molecule is CSc1sc(S(N)(=O)=O)cc1C(C)O. The Hall–Kier alpha value is -0.0800. The van der Waals surface area contributed by atoms with E-state index in [9.17, 15) is 13.5 Å². The minimum atomic E-state index is -3.65. The highest BCUT2D eigenvalue weighted by Crippen LogP contribution is 2.35. The van der Waals surface area contributed by atoms with Crippen LogP contribution in [0.2, 0.25) is 0 Å². The minimum Gasteiger partial charge on any atom is -0.389 e.